The maximum atomic E-state index is 13.3. The van der Waals surface area contributed by atoms with Crippen molar-refractivity contribution in [2.24, 2.45) is 5.92 Å². The van der Waals surface area contributed by atoms with Crippen LogP contribution < -0.4 is 4.74 Å². The Labute approximate surface area is 188 Å². The highest BCUT2D eigenvalue weighted by molar-refractivity contribution is 5.94. The van der Waals surface area contributed by atoms with Gasteiger partial charge in [0.25, 0.3) is 0 Å². The highest BCUT2D eigenvalue weighted by Gasteiger charge is 2.39. The number of hydrogen-bond donors (Lipinski definition) is 2. The zero-order valence-electron chi connectivity index (χ0n) is 18.1. The number of aliphatic hydroxyl groups is 1. The van der Waals surface area contributed by atoms with Gasteiger partial charge in [0.2, 0.25) is 0 Å². The molecule has 1 fully saturated rings. The van der Waals surface area contributed by atoms with Crippen LogP contribution in [0.1, 0.15) is 42.6 Å². The van der Waals surface area contributed by atoms with E-state index in [1.54, 1.807) is 25.1 Å². The lowest BCUT2D eigenvalue weighted by atomic mass is 9.74. The first-order valence-corrected chi connectivity index (χ1v) is 10.5. The molecule has 0 bridgehead atoms. The number of ether oxygens (including phenoxy) is 1. The van der Waals surface area contributed by atoms with Gasteiger partial charge in [-0.15, -0.1) is 0 Å². The topological polar surface area (TPSA) is 92.5 Å². The Hall–Kier alpha value is -3.20. The second-order valence-corrected chi connectivity index (χ2v) is 8.41. The van der Waals surface area contributed by atoms with Crippen molar-refractivity contribution in [2.45, 2.75) is 44.4 Å². The number of nitrogens with zero attached hydrogens (tertiary/aromatic N) is 2. The van der Waals surface area contributed by atoms with Crippen molar-refractivity contribution >= 4 is 16.9 Å². The van der Waals surface area contributed by atoms with Gasteiger partial charge in [0.1, 0.15) is 11.6 Å². The number of aromatic nitrogens is 2. The van der Waals surface area contributed by atoms with Crippen molar-refractivity contribution in [1.29, 1.82) is 0 Å². The first kappa shape index (κ1) is 23.0. The number of hydrogen-bond acceptors (Lipinski definition) is 5. The Bertz CT molecular complexity index is 1220. The molecule has 174 valence electrons. The van der Waals surface area contributed by atoms with E-state index in [2.05, 4.69) is 9.97 Å². The van der Waals surface area contributed by atoms with Gasteiger partial charge in [-0.25, -0.2) is 9.97 Å². The van der Waals surface area contributed by atoms with E-state index in [9.17, 15) is 28.2 Å². The zero-order valence-corrected chi connectivity index (χ0v) is 18.1. The number of carboxylic acids is 1. The Balaban J connectivity index is 1.88. The molecule has 0 radical (unpaired) electrons. The minimum Gasteiger partial charge on any atom is -0.496 e. The van der Waals surface area contributed by atoms with Gasteiger partial charge < -0.3 is 14.9 Å². The molecule has 2 aromatic carbocycles. The average Bonchev–Trinajstić information content (AvgIpc) is 2.77. The fraction of sp³-hybridized carbons (Fsp3) is 0.375. The number of fused-ring (bicyclic) bond motifs is 1. The molecule has 1 heterocycles. The van der Waals surface area contributed by atoms with Gasteiger partial charge in [0.05, 0.1) is 35.4 Å². The fourth-order valence-corrected chi connectivity index (χ4v) is 4.48. The van der Waals surface area contributed by atoms with Gasteiger partial charge in [0, 0.05) is 22.6 Å². The molecule has 0 atom stereocenters. The minimum atomic E-state index is -4.50. The zero-order chi connectivity index (χ0) is 24.0. The number of carbonyl (C=O) groups is 1. The first-order valence-electron chi connectivity index (χ1n) is 10.5. The van der Waals surface area contributed by atoms with Crippen LogP contribution in [0.3, 0.4) is 0 Å². The SMILES string of the molecule is COc1cc2nc(C)nc(-c3cccc(C(F)(F)F)c3)c2cc1C1(O)CCC(C(=O)O)CC1. The third-order valence-corrected chi connectivity index (χ3v) is 6.26. The smallest absolute Gasteiger partial charge is 0.416 e. The summed E-state index contributed by atoms with van der Waals surface area (Å²) >= 11 is 0. The molecule has 0 amide bonds. The highest BCUT2D eigenvalue weighted by Crippen LogP contribution is 2.45. The largest absolute Gasteiger partial charge is 0.496 e. The molecule has 1 saturated carbocycles. The summed E-state index contributed by atoms with van der Waals surface area (Å²) in [5, 5.41) is 21.2. The van der Waals surface area contributed by atoms with E-state index in [1.807, 2.05) is 0 Å². The summed E-state index contributed by atoms with van der Waals surface area (Å²) < 4.78 is 45.4. The molecule has 3 aromatic rings. The predicted molar refractivity (Wildman–Crippen MR) is 115 cm³/mol. The summed E-state index contributed by atoms with van der Waals surface area (Å²) in [7, 11) is 1.46. The van der Waals surface area contributed by atoms with Crippen LogP contribution in [0.5, 0.6) is 5.75 Å². The Morgan fingerprint density at radius 1 is 1.15 bits per heavy atom. The van der Waals surface area contributed by atoms with Crippen LogP contribution in [-0.4, -0.2) is 33.3 Å². The van der Waals surface area contributed by atoms with Crippen molar-refractivity contribution in [1.82, 2.24) is 9.97 Å². The van der Waals surface area contributed by atoms with E-state index in [-0.39, 0.29) is 18.4 Å². The Morgan fingerprint density at radius 2 is 1.85 bits per heavy atom. The number of carboxylic acid groups (broad SMARTS) is 1. The number of aliphatic carboxylic acids is 1. The number of benzene rings is 2. The molecule has 0 unspecified atom stereocenters. The van der Waals surface area contributed by atoms with Gasteiger partial charge in [-0.1, -0.05) is 12.1 Å². The van der Waals surface area contributed by atoms with Gasteiger partial charge in [-0.05, 0) is 50.8 Å². The maximum Gasteiger partial charge on any atom is 0.416 e. The normalized spacial score (nSPS) is 21.2. The van der Waals surface area contributed by atoms with E-state index < -0.39 is 29.2 Å². The maximum absolute atomic E-state index is 13.3. The molecule has 4 rings (SSSR count). The van der Waals surface area contributed by atoms with E-state index >= 15 is 0 Å². The molecule has 33 heavy (non-hydrogen) atoms. The number of alkyl halides is 3. The predicted octanol–water partition coefficient (Wildman–Crippen LogP) is 5.10. The van der Waals surface area contributed by atoms with Crippen LogP contribution in [0.25, 0.3) is 22.2 Å². The molecule has 0 aliphatic heterocycles. The molecular weight excluding hydrogens is 437 g/mol. The molecule has 0 spiro atoms. The first-order chi connectivity index (χ1) is 15.5. The molecule has 0 saturated heterocycles. The Kier molecular flexibility index (Phi) is 5.78. The number of rotatable bonds is 4. The van der Waals surface area contributed by atoms with E-state index in [0.717, 1.165) is 12.1 Å². The third-order valence-electron chi connectivity index (χ3n) is 6.26. The molecule has 6 nitrogen and oxygen atoms in total. The quantitative estimate of drug-likeness (QED) is 0.563. The van der Waals surface area contributed by atoms with Crippen LogP contribution >= 0.6 is 0 Å². The van der Waals surface area contributed by atoms with Crippen LogP contribution in [-0.2, 0) is 16.6 Å². The second kappa shape index (κ2) is 8.30. The number of halogens is 3. The van der Waals surface area contributed by atoms with Crippen LogP contribution in [0.15, 0.2) is 36.4 Å². The summed E-state index contributed by atoms with van der Waals surface area (Å²) in [6.07, 6.45) is -3.45. The molecule has 1 aliphatic carbocycles. The minimum absolute atomic E-state index is 0.220. The fourth-order valence-electron chi connectivity index (χ4n) is 4.48. The van der Waals surface area contributed by atoms with E-state index in [4.69, 9.17) is 4.74 Å². The lowest BCUT2D eigenvalue weighted by molar-refractivity contribution is -0.145. The number of aryl methyl sites for hydroxylation is 1. The second-order valence-electron chi connectivity index (χ2n) is 8.41. The molecule has 1 aromatic heterocycles. The van der Waals surface area contributed by atoms with Crippen molar-refractivity contribution in [3.63, 3.8) is 0 Å². The summed E-state index contributed by atoms with van der Waals surface area (Å²) in [5.41, 5.74) is -0.612. The summed E-state index contributed by atoms with van der Waals surface area (Å²) in [6, 6.07) is 8.21. The summed E-state index contributed by atoms with van der Waals surface area (Å²) in [5.74, 6) is -0.654. The lowest BCUT2D eigenvalue weighted by Crippen LogP contribution is -2.34. The molecule has 1 aliphatic rings. The van der Waals surface area contributed by atoms with Gasteiger partial charge in [-0.3, -0.25) is 4.79 Å². The monoisotopic (exact) mass is 460 g/mol. The van der Waals surface area contributed by atoms with Crippen molar-refractivity contribution in [3.05, 3.63) is 53.3 Å². The Morgan fingerprint density at radius 3 is 2.45 bits per heavy atom. The molecule has 9 heteroatoms. The average molecular weight is 460 g/mol. The number of methoxy groups -OCH3 is 1. The summed E-state index contributed by atoms with van der Waals surface area (Å²) in [6.45, 7) is 1.65. The van der Waals surface area contributed by atoms with Crippen molar-refractivity contribution in [2.75, 3.05) is 7.11 Å². The van der Waals surface area contributed by atoms with Gasteiger partial charge >= 0.3 is 12.1 Å². The van der Waals surface area contributed by atoms with Gasteiger partial charge in [0.15, 0.2) is 0 Å². The lowest BCUT2D eigenvalue weighted by Gasteiger charge is -2.36. The molecule has 2 N–H and O–H groups in total. The molecular formula is C24H23F3N2O4. The van der Waals surface area contributed by atoms with Crippen molar-refractivity contribution < 1.29 is 32.9 Å². The van der Waals surface area contributed by atoms with Crippen LogP contribution in [0.4, 0.5) is 13.2 Å². The summed E-state index contributed by atoms with van der Waals surface area (Å²) in [4.78, 5) is 20.2. The standard InChI is InChI=1S/C24H23F3N2O4/c1-13-28-19-12-20(33-2)18(23(32)8-6-14(7-9-23)22(30)31)11-17(19)21(29-13)15-4-3-5-16(10-15)24(25,26)27/h3-5,10-12,14,32H,6-9H2,1-2H3,(H,30,31). The third kappa shape index (κ3) is 4.37. The van der Waals surface area contributed by atoms with Crippen LogP contribution in [0.2, 0.25) is 0 Å². The van der Waals surface area contributed by atoms with Crippen molar-refractivity contribution in [3.8, 4) is 17.0 Å². The van der Waals surface area contributed by atoms with E-state index in [1.165, 1.54) is 13.2 Å². The highest BCUT2D eigenvalue weighted by atomic mass is 19.4. The van der Waals surface area contributed by atoms with Gasteiger partial charge in [-0.2, -0.15) is 13.2 Å². The van der Waals surface area contributed by atoms with E-state index in [0.29, 0.717) is 46.6 Å². The van der Waals surface area contributed by atoms with Crippen LogP contribution in [0, 0.1) is 12.8 Å².